The van der Waals surface area contributed by atoms with E-state index in [4.69, 9.17) is 14.2 Å². The predicted molar refractivity (Wildman–Crippen MR) is 101 cm³/mol. The van der Waals surface area contributed by atoms with Gasteiger partial charge in [-0.3, -0.25) is 0 Å². The van der Waals surface area contributed by atoms with Crippen LogP contribution in [0.15, 0.2) is 36.4 Å². The lowest BCUT2D eigenvalue weighted by atomic mass is 10.00. The van der Waals surface area contributed by atoms with Crippen LogP contribution in [0.4, 0.5) is 13.2 Å². The fraction of sp³-hybridized carbons (Fsp3) is 0.571. The van der Waals surface area contributed by atoms with E-state index in [1.807, 2.05) is 32.9 Å². The summed E-state index contributed by atoms with van der Waals surface area (Å²) in [6.45, 7) is 5.82. The van der Waals surface area contributed by atoms with Crippen molar-refractivity contribution in [1.82, 2.24) is 0 Å². The van der Waals surface area contributed by atoms with E-state index in [2.05, 4.69) is 0 Å². The average molecular weight is 402 g/mol. The summed E-state index contributed by atoms with van der Waals surface area (Å²) >= 11 is 0. The van der Waals surface area contributed by atoms with Gasteiger partial charge in [0.2, 0.25) is 0 Å². The summed E-state index contributed by atoms with van der Waals surface area (Å²) in [5.74, 6) is -1.68. The summed E-state index contributed by atoms with van der Waals surface area (Å²) in [4.78, 5) is 11.4. The van der Waals surface area contributed by atoms with Crippen molar-refractivity contribution in [2.75, 3.05) is 7.11 Å². The van der Waals surface area contributed by atoms with Gasteiger partial charge in [-0.15, -0.1) is 0 Å². The Labute approximate surface area is 164 Å². The summed E-state index contributed by atoms with van der Waals surface area (Å²) in [6.07, 6.45) is -1.10. The smallest absolute Gasteiger partial charge is 0.490 e. The zero-order valence-corrected chi connectivity index (χ0v) is 16.8. The minimum absolute atomic E-state index is 0.167. The minimum atomic E-state index is -5.05. The van der Waals surface area contributed by atoms with Gasteiger partial charge >= 0.3 is 12.1 Å². The number of methoxy groups -OCH3 is 1. The Bertz CT molecular complexity index is 609. The van der Waals surface area contributed by atoms with E-state index >= 15 is 0 Å². The lowest BCUT2D eigenvalue weighted by Gasteiger charge is -2.28. The summed E-state index contributed by atoms with van der Waals surface area (Å²) in [6, 6.07) is 7.16. The molecule has 0 fully saturated rings. The highest BCUT2D eigenvalue weighted by molar-refractivity contribution is 5.76. The molecule has 0 saturated heterocycles. The van der Waals surface area contributed by atoms with Crippen molar-refractivity contribution in [3.8, 4) is 5.75 Å². The monoisotopic (exact) mass is 402 g/mol. The molecule has 2 atom stereocenters. The second-order valence-corrected chi connectivity index (χ2v) is 6.81. The molecule has 0 N–H and O–H groups in total. The third-order valence-corrected chi connectivity index (χ3v) is 4.11. The largest absolute Gasteiger partial charge is 0.497 e. The van der Waals surface area contributed by atoms with Crippen LogP contribution < -0.4 is 4.74 Å². The van der Waals surface area contributed by atoms with Gasteiger partial charge in [-0.1, -0.05) is 51.8 Å². The number of rotatable bonds is 11. The lowest BCUT2D eigenvalue weighted by molar-refractivity contribution is -0.209. The SMILES string of the molecule is CCCC/C=C/[C@H](OC(=O)C(F)(F)F)[C@@H](OCc1ccc(OC)cc1)C(C)C. The minimum Gasteiger partial charge on any atom is -0.497 e. The third-order valence-electron chi connectivity index (χ3n) is 4.11. The van der Waals surface area contributed by atoms with E-state index in [0.29, 0.717) is 12.2 Å². The molecule has 158 valence electrons. The molecule has 0 radical (unpaired) electrons. The maximum Gasteiger partial charge on any atom is 0.490 e. The molecule has 0 heterocycles. The number of esters is 1. The fourth-order valence-electron chi connectivity index (χ4n) is 2.54. The summed E-state index contributed by atoms with van der Waals surface area (Å²) in [7, 11) is 1.56. The highest BCUT2D eigenvalue weighted by atomic mass is 19.4. The molecule has 1 aromatic rings. The van der Waals surface area contributed by atoms with Crippen molar-refractivity contribution in [1.29, 1.82) is 0 Å². The number of unbranched alkanes of at least 4 members (excludes halogenated alkanes) is 2. The van der Waals surface area contributed by atoms with Crippen LogP contribution in [0.3, 0.4) is 0 Å². The molecule has 0 amide bonds. The topological polar surface area (TPSA) is 44.8 Å². The van der Waals surface area contributed by atoms with Crippen LogP contribution in [-0.4, -0.2) is 31.5 Å². The molecule has 0 aliphatic carbocycles. The van der Waals surface area contributed by atoms with Gasteiger partial charge in [0.25, 0.3) is 0 Å². The van der Waals surface area contributed by atoms with Crippen molar-refractivity contribution >= 4 is 5.97 Å². The second kappa shape index (κ2) is 11.7. The number of hydrogen-bond donors (Lipinski definition) is 0. The van der Waals surface area contributed by atoms with Crippen molar-refractivity contribution in [3.63, 3.8) is 0 Å². The molecule has 0 bridgehead atoms. The van der Waals surface area contributed by atoms with Gasteiger partial charge in [0.15, 0.2) is 0 Å². The first-order valence-corrected chi connectivity index (χ1v) is 9.38. The van der Waals surface area contributed by atoms with Gasteiger partial charge in [-0.25, -0.2) is 4.79 Å². The fourth-order valence-corrected chi connectivity index (χ4v) is 2.54. The van der Waals surface area contributed by atoms with Crippen LogP contribution in [0.5, 0.6) is 5.75 Å². The Morgan fingerprint density at radius 2 is 1.82 bits per heavy atom. The van der Waals surface area contributed by atoms with E-state index < -0.39 is 24.4 Å². The zero-order chi connectivity index (χ0) is 21.2. The predicted octanol–water partition coefficient (Wildman–Crippen LogP) is 5.46. The van der Waals surface area contributed by atoms with Crippen molar-refractivity contribution < 1.29 is 32.2 Å². The van der Waals surface area contributed by atoms with Crippen LogP contribution in [-0.2, 0) is 20.9 Å². The molecular formula is C21H29F3O4. The Morgan fingerprint density at radius 3 is 2.32 bits per heavy atom. The molecule has 0 aliphatic heterocycles. The van der Waals surface area contributed by atoms with E-state index in [0.717, 1.165) is 18.4 Å². The molecule has 28 heavy (non-hydrogen) atoms. The quantitative estimate of drug-likeness (QED) is 0.280. The molecule has 1 rings (SSSR count). The number of halogens is 3. The normalized spacial score (nSPS) is 14.3. The summed E-state index contributed by atoms with van der Waals surface area (Å²) < 4.78 is 53.8. The number of carbonyl (C=O) groups is 1. The zero-order valence-electron chi connectivity index (χ0n) is 16.8. The first-order chi connectivity index (χ1) is 13.2. The standard InChI is InChI=1S/C21H29F3O4/c1-5-6-7-8-9-18(28-20(25)21(22,23)24)19(15(2)3)27-14-16-10-12-17(26-4)13-11-16/h8-13,15,18-19H,5-7,14H2,1-4H3/b9-8+/t18-,19-/m0/s1. The Hall–Kier alpha value is -2.02. The Morgan fingerprint density at radius 1 is 1.18 bits per heavy atom. The van der Waals surface area contributed by atoms with Gasteiger partial charge in [-0.2, -0.15) is 13.2 Å². The van der Waals surface area contributed by atoms with Crippen LogP contribution >= 0.6 is 0 Å². The molecule has 7 heteroatoms. The van der Waals surface area contributed by atoms with Crippen molar-refractivity contribution in [2.24, 2.45) is 5.92 Å². The average Bonchev–Trinajstić information content (AvgIpc) is 2.64. The molecular weight excluding hydrogens is 373 g/mol. The van der Waals surface area contributed by atoms with Crippen molar-refractivity contribution in [2.45, 2.75) is 65.0 Å². The molecule has 0 aromatic heterocycles. The first kappa shape index (κ1) is 24.0. The van der Waals surface area contributed by atoms with Crippen LogP contribution in [0.2, 0.25) is 0 Å². The lowest BCUT2D eigenvalue weighted by Crippen LogP contribution is -2.39. The second-order valence-electron chi connectivity index (χ2n) is 6.81. The van der Waals surface area contributed by atoms with Gasteiger partial charge in [-0.05, 0) is 36.1 Å². The molecule has 1 aromatic carbocycles. The van der Waals surface area contributed by atoms with Crippen LogP contribution in [0.1, 0.15) is 45.6 Å². The van der Waals surface area contributed by atoms with Gasteiger partial charge < -0.3 is 14.2 Å². The van der Waals surface area contributed by atoms with Gasteiger partial charge in [0.05, 0.1) is 13.7 Å². The van der Waals surface area contributed by atoms with E-state index in [1.165, 1.54) is 6.08 Å². The van der Waals surface area contributed by atoms with Crippen LogP contribution in [0.25, 0.3) is 0 Å². The number of ether oxygens (including phenoxy) is 3. The highest BCUT2D eigenvalue weighted by Gasteiger charge is 2.43. The van der Waals surface area contributed by atoms with Crippen LogP contribution in [0, 0.1) is 5.92 Å². The van der Waals surface area contributed by atoms with Gasteiger partial charge in [0, 0.05) is 0 Å². The molecule has 4 nitrogen and oxygen atoms in total. The highest BCUT2D eigenvalue weighted by Crippen LogP contribution is 2.23. The van der Waals surface area contributed by atoms with E-state index in [1.54, 1.807) is 25.3 Å². The van der Waals surface area contributed by atoms with E-state index in [9.17, 15) is 18.0 Å². The number of hydrogen-bond acceptors (Lipinski definition) is 4. The Kier molecular flexibility index (Phi) is 10.1. The summed E-state index contributed by atoms with van der Waals surface area (Å²) in [5.41, 5.74) is 0.835. The van der Waals surface area contributed by atoms with Crippen molar-refractivity contribution in [3.05, 3.63) is 42.0 Å². The molecule has 0 saturated carbocycles. The number of alkyl halides is 3. The number of carbonyl (C=O) groups excluding carboxylic acids is 1. The maximum absolute atomic E-state index is 12.7. The van der Waals surface area contributed by atoms with E-state index in [-0.39, 0.29) is 12.5 Å². The molecule has 0 spiro atoms. The first-order valence-electron chi connectivity index (χ1n) is 9.38. The number of benzene rings is 1. The maximum atomic E-state index is 12.7. The molecule has 0 unspecified atom stereocenters. The Balaban J connectivity index is 2.90. The summed E-state index contributed by atoms with van der Waals surface area (Å²) in [5, 5.41) is 0. The number of allylic oxidation sites excluding steroid dienone is 1. The molecule has 0 aliphatic rings. The van der Waals surface area contributed by atoms with Gasteiger partial charge in [0.1, 0.15) is 18.0 Å². The third kappa shape index (κ3) is 8.33.